The molecule has 0 saturated heterocycles. The number of aryl methyl sites for hydroxylation is 1. The highest BCUT2D eigenvalue weighted by Crippen LogP contribution is 2.51. The van der Waals surface area contributed by atoms with Gasteiger partial charge >= 0.3 is 0 Å². The van der Waals surface area contributed by atoms with Gasteiger partial charge in [0.25, 0.3) is 5.56 Å². The second kappa shape index (κ2) is 4.51. The van der Waals surface area contributed by atoms with Gasteiger partial charge in [-0.25, -0.2) is 4.98 Å². The highest BCUT2D eigenvalue weighted by molar-refractivity contribution is 5.34. The van der Waals surface area contributed by atoms with Crippen LogP contribution < -0.4 is 10.9 Å². The first kappa shape index (κ1) is 12.1. The third-order valence-electron chi connectivity index (χ3n) is 3.86. The second-order valence-corrected chi connectivity index (χ2v) is 5.30. The molecule has 1 aromatic heterocycles. The molecule has 17 heavy (non-hydrogen) atoms. The van der Waals surface area contributed by atoms with E-state index in [-0.39, 0.29) is 5.56 Å². The molecule has 4 nitrogen and oxygen atoms in total. The van der Waals surface area contributed by atoms with Gasteiger partial charge in [-0.05, 0) is 24.2 Å². The fourth-order valence-electron chi connectivity index (χ4n) is 2.15. The molecule has 0 amide bonds. The molecule has 1 aliphatic rings. The summed E-state index contributed by atoms with van der Waals surface area (Å²) in [6.07, 6.45) is 3.31. The van der Waals surface area contributed by atoms with Crippen LogP contribution in [-0.2, 0) is 6.42 Å². The Morgan fingerprint density at radius 2 is 2.24 bits per heavy atom. The molecule has 2 rings (SSSR count). The van der Waals surface area contributed by atoms with E-state index in [0.717, 1.165) is 18.8 Å². The van der Waals surface area contributed by atoms with Gasteiger partial charge in [0.2, 0.25) is 0 Å². The number of nitrogens with one attached hydrogen (secondary N) is 2. The number of rotatable bonds is 5. The van der Waals surface area contributed by atoms with Crippen LogP contribution in [0.2, 0.25) is 0 Å². The van der Waals surface area contributed by atoms with Crippen LogP contribution in [0, 0.1) is 11.3 Å². The maximum absolute atomic E-state index is 11.4. The Kier molecular flexibility index (Phi) is 3.22. The summed E-state index contributed by atoms with van der Waals surface area (Å²) in [5.41, 5.74) is 0.352. The summed E-state index contributed by atoms with van der Waals surface area (Å²) in [7, 11) is 0. The van der Waals surface area contributed by atoms with E-state index in [0.29, 0.717) is 17.2 Å². The molecule has 94 valence electrons. The Morgan fingerprint density at radius 1 is 1.53 bits per heavy atom. The number of aromatic amines is 1. The zero-order chi connectivity index (χ0) is 12.5. The Balaban J connectivity index is 2.04. The average Bonchev–Trinajstić information content (AvgIpc) is 3.06. The van der Waals surface area contributed by atoms with E-state index in [1.54, 1.807) is 0 Å². The predicted molar refractivity (Wildman–Crippen MR) is 69.2 cm³/mol. The lowest BCUT2D eigenvalue weighted by molar-refractivity contribution is 0.380. The molecule has 1 saturated carbocycles. The Hall–Kier alpha value is -1.32. The van der Waals surface area contributed by atoms with Crippen LogP contribution in [0.4, 0.5) is 5.82 Å². The summed E-state index contributed by atoms with van der Waals surface area (Å²) in [5.74, 6) is 2.13. The van der Waals surface area contributed by atoms with Gasteiger partial charge in [0.1, 0.15) is 11.6 Å². The van der Waals surface area contributed by atoms with Gasteiger partial charge in [0.05, 0.1) is 0 Å². The first-order chi connectivity index (χ1) is 8.05. The highest BCUT2D eigenvalue weighted by Gasteiger charge is 2.44. The molecule has 2 N–H and O–H groups in total. The summed E-state index contributed by atoms with van der Waals surface area (Å²) < 4.78 is 0. The third kappa shape index (κ3) is 2.68. The smallest absolute Gasteiger partial charge is 0.252 e. The first-order valence-corrected chi connectivity index (χ1v) is 6.40. The molecule has 4 heteroatoms. The van der Waals surface area contributed by atoms with E-state index in [9.17, 15) is 4.79 Å². The van der Waals surface area contributed by atoms with E-state index >= 15 is 0 Å². The van der Waals surface area contributed by atoms with Crippen LogP contribution in [0.3, 0.4) is 0 Å². The van der Waals surface area contributed by atoms with Gasteiger partial charge in [-0.1, -0.05) is 20.8 Å². The molecule has 0 aliphatic heterocycles. The summed E-state index contributed by atoms with van der Waals surface area (Å²) in [6, 6.07) is 1.54. The highest BCUT2D eigenvalue weighted by atomic mass is 16.1. The fourth-order valence-corrected chi connectivity index (χ4v) is 2.15. The SMILES string of the molecule is CCc1nc(NCC2(C(C)C)CC2)cc(=O)[nH]1. The van der Waals surface area contributed by atoms with Crippen LogP contribution in [0.25, 0.3) is 0 Å². The number of nitrogens with zero attached hydrogens (tertiary/aromatic N) is 1. The molecule has 0 aromatic carbocycles. The molecular weight excluding hydrogens is 214 g/mol. The first-order valence-electron chi connectivity index (χ1n) is 6.40. The minimum atomic E-state index is -0.0752. The molecule has 0 unspecified atom stereocenters. The maximum Gasteiger partial charge on any atom is 0.252 e. The summed E-state index contributed by atoms with van der Waals surface area (Å²) in [5, 5.41) is 3.31. The van der Waals surface area contributed by atoms with Gasteiger partial charge in [0.15, 0.2) is 0 Å². The summed E-state index contributed by atoms with van der Waals surface area (Å²) >= 11 is 0. The van der Waals surface area contributed by atoms with Crippen molar-refractivity contribution < 1.29 is 0 Å². The number of anilines is 1. The van der Waals surface area contributed by atoms with Crippen molar-refractivity contribution >= 4 is 5.82 Å². The van der Waals surface area contributed by atoms with Crippen LogP contribution in [0.15, 0.2) is 10.9 Å². The Labute approximate surface area is 102 Å². The van der Waals surface area contributed by atoms with Crippen LogP contribution >= 0.6 is 0 Å². The Bertz CT molecular complexity index is 446. The molecule has 0 bridgehead atoms. The van der Waals surface area contributed by atoms with E-state index in [4.69, 9.17) is 0 Å². The molecule has 0 radical (unpaired) electrons. The lowest BCUT2D eigenvalue weighted by atomic mass is 9.92. The second-order valence-electron chi connectivity index (χ2n) is 5.30. The maximum atomic E-state index is 11.4. The average molecular weight is 235 g/mol. The van der Waals surface area contributed by atoms with Crippen LogP contribution in [0.1, 0.15) is 39.4 Å². The van der Waals surface area contributed by atoms with Crippen LogP contribution in [-0.4, -0.2) is 16.5 Å². The lowest BCUT2D eigenvalue weighted by Crippen LogP contribution is -2.22. The normalized spacial score (nSPS) is 17.2. The summed E-state index contributed by atoms with van der Waals surface area (Å²) in [6.45, 7) is 7.43. The Morgan fingerprint density at radius 3 is 2.76 bits per heavy atom. The van der Waals surface area contributed by atoms with Gasteiger partial charge < -0.3 is 10.3 Å². The van der Waals surface area contributed by atoms with Crippen molar-refractivity contribution in [2.24, 2.45) is 11.3 Å². The van der Waals surface area contributed by atoms with Crippen molar-refractivity contribution in [2.45, 2.75) is 40.0 Å². The van der Waals surface area contributed by atoms with Crippen molar-refractivity contribution in [3.63, 3.8) is 0 Å². The molecular formula is C13H21N3O. The topological polar surface area (TPSA) is 57.8 Å². The van der Waals surface area contributed by atoms with Gasteiger partial charge in [-0.15, -0.1) is 0 Å². The predicted octanol–water partition coefficient (Wildman–Crippen LogP) is 2.18. The minimum absolute atomic E-state index is 0.0752. The molecule has 1 aliphatic carbocycles. The van der Waals surface area contributed by atoms with E-state index in [1.165, 1.54) is 18.9 Å². The van der Waals surface area contributed by atoms with Gasteiger partial charge in [0, 0.05) is 19.0 Å². The quantitative estimate of drug-likeness (QED) is 0.822. The van der Waals surface area contributed by atoms with Crippen molar-refractivity contribution in [1.82, 2.24) is 9.97 Å². The molecule has 1 heterocycles. The van der Waals surface area contributed by atoms with Crippen molar-refractivity contribution in [1.29, 1.82) is 0 Å². The molecule has 1 aromatic rings. The van der Waals surface area contributed by atoms with Crippen molar-refractivity contribution in [2.75, 3.05) is 11.9 Å². The van der Waals surface area contributed by atoms with E-state index in [2.05, 4.69) is 29.1 Å². The number of hydrogen-bond acceptors (Lipinski definition) is 3. The standard InChI is InChI=1S/C13H21N3O/c1-4-10-15-11(7-12(17)16-10)14-8-13(5-6-13)9(2)3/h7,9H,4-6,8H2,1-3H3,(H2,14,15,16,17). The van der Waals surface area contributed by atoms with E-state index in [1.807, 2.05) is 6.92 Å². The van der Waals surface area contributed by atoms with Crippen molar-refractivity contribution in [3.8, 4) is 0 Å². The van der Waals surface area contributed by atoms with E-state index < -0.39 is 0 Å². The minimum Gasteiger partial charge on any atom is -0.369 e. The van der Waals surface area contributed by atoms with Gasteiger partial charge in [-0.3, -0.25) is 4.79 Å². The monoisotopic (exact) mass is 235 g/mol. The number of H-pyrrole nitrogens is 1. The molecule has 0 spiro atoms. The lowest BCUT2D eigenvalue weighted by Gasteiger charge is -2.20. The van der Waals surface area contributed by atoms with Crippen molar-refractivity contribution in [3.05, 3.63) is 22.2 Å². The fraction of sp³-hybridized carbons (Fsp3) is 0.692. The molecule has 1 fully saturated rings. The number of aromatic nitrogens is 2. The summed E-state index contributed by atoms with van der Waals surface area (Å²) in [4.78, 5) is 18.5. The molecule has 0 atom stereocenters. The number of hydrogen-bond donors (Lipinski definition) is 2. The van der Waals surface area contributed by atoms with Crippen LogP contribution in [0.5, 0.6) is 0 Å². The largest absolute Gasteiger partial charge is 0.369 e. The third-order valence-corrected chi connectivity index (χ3v) is 3.86. The van der Waals surface area contributed by atoms with Gasteiger partial charge in [-0.2, -0.15) is 0 Å². The zero-order valence-electron chi connectivity index (χ0n) is 10.8. The zero-order valence-corrected chi connectivity index (χ0v) is 10.8.